The third-order valence-electron chi connectivity index (χ3n) is 10.3. The van der Waals surface area contributed by atoms with Crippen molar-refractivity contribution in [2.75, 3.05) is 0 Å². The van der Waals surface area contributed by atoms with Crippen LogP contribution in [-0.2, 0) is 4.79 Å². The van der Waals surface area contributed by atoms with Gasteiger partial charge in [-0.25, -0.2) is 0 Å². The van der Waals surface area contributed by atoms with Gasteiger partial charge in [-0.3, -0.25) is 4.79 Å². The van der Waals surface area contributed by atoms with Gasteiger partial charge in [0.25, 0.3) is 0 Å². The molecule has 0 heterocycles. The molecule has 0 aliphatic heterocycles. The van der Waals surface area contributed by atoms with Crippen molar-refractivity contribution in [1.29, 1.82) is 0 Å². The summed E-state index contributed by atoms with van der Waals surface area (Å²) in [6.45, 7) is 11.2. The minimum absolute atomic E-state index is 0.128. The summed E-state index contributed by atoms with van der Waals surface area (Å²) in [5, 5.41) is 21.5. The minimum Gasteiger partial charge on any atom is -0.393 e. The first-order valence-corrected chi connectivity index (χ1v) is 12.7. The van der Waals surface area contributed by atoms with Crippen molar-refractivity contribution in [1.82, 2.24) is 0 Å². The Bertz CT molecular complexity index is 696. The van der Waals surface area contributed by atoms with E-state index in [1.54, 1.807) is 0 Å². The van der Waals surface area contributed by atoms with Gasteiger partial charge in [-0.05, 0) is 91.8 Å². The van der Waals surface area contributed by atoms with Crippen LogP contribution in [0, 0.1) is 46.3 Å². The van der Waals surface area contributed by atoms with Crippen LogP contribution in [0.2, 0.25) is 0 Å². The first-order valence-electron chi connectivity index (χ1n) is 12.7. The minimum atomic E-state index is -0.205. The summed E-state index contributed by atoms with van der Waals surface area (Å²) < 4.78 is 0. The van der Waals surface area contributed by atoms with Gasteiger partial charge in [0.2, 0.25) is 0 Å². The predicted octanol–water partition coefficient (Wildman–Crippen LogP) is 5.54. The lowest BCUT2D eigenvalue weighted by Crippen LogP contribution is -2.52. The number of aliphatic hydroxyl groups is 2. The number of Topliss-reactive ketones (excluding diaryl/α,β-unsaturated/α-hetero) is 1. The van der Waals surface area contributed by atoms with Crippen LogP contribution in [0.5, 0.6) is 0 Å². The van der Waals surface area contributed by atoms with E-state index in [2.05, 4.69) is 26.8 Å². The third kappa shape index (κ3) is 3.52. The quantitative estimate of drug-likeness (QED) is 0.579. The number of hydrogen-bond acceptors (Lipinski definition) is 3. The molecule has 4 aliphatic carbocycles. The molecule has 0 aromatic heterocycles. The Labute approximate surface area is 183 Å². The van der Waals surface area contributed by atoms with Crippen molar-refractivity contribution >= 4 is 5.78 Å². The summed E-state index contributed by atoms with van der Waals surface area (Å²) in [4.78, 5) is 12.2. The number of carbonyl (C=O) groups excluding carboxylic acids is 1. The van der Waals surface area contributed by atoms with E-state index in [0.29, 0.717) is 41.8 Å². The van der Waals surface area contributed by atoms with Crippen LogP contribution in [0.25, 0.3) is 0 Å². The van der Waals surface area contributed by atoms with Crippen molar-refractivity contribution in [3.63, 3.8) is 0 Å². The fourth-order valence-electron chi connectivity index (χ4n) is 8.50. The van der Waals surface area contributed by atoms with E-state index in [-0.39, 0.29) is 29.0 Å². The van der Waals surface area contributed by atoms with Gasteiger partial charge in [0, 0.05) is 12.3 Å². The number of aliphatic hydroxyl groups excluding tert-OH is 2. The zero-order valence-corrected chi connectivity index (χ0v) is 19.9. The van der Waals surface area contributed by atoms with E-state index in [1.165, 1.54) is 18.4 Å². The Hall–Kier alpha value is -0.670. The lowest BCUT2D eigenvalue weighted by atomic mass is 9.46. The van der Waals surface area contributed by atoms with Crippen molar-refractivity contribution in [3.05, 3.63) is 11.6 Å². The van der Waals surface area contributed by atoms with Gasteiger partial charge >= 0.3 is 0 Å². The monoisotopic (exact) mass is 416 g/mol. The summed E-state index contributed by atoms with van der Waals surface area (Å²) in [5.41, 5.74) is 1.91. The third-order valence-corrected chi connectivity index (χ3v) is 10.3. The lowest BCUT2D eigenvalue weighted by Gasteiger charge is -2.58. The molecule has 4 rings (SSSR count). The summed E-state index contributed by atoms with van der Waals surface area (Å²) in [5.74, 6) is 3.11. The molecule has 0 aromatic carbocycles. The standard InChI is InChI=1S/C27H44O3/c1-16(2)23(29)9-6-17(3)22-15-24(30)25-20-8-7-18-14-19(28)10-12-26(18,4)21(20)11-13-27(22,25)5/h7,16-17,19-22,24-25,28,30H,6,8-15H2,1-5H3/t17?,19-,20+,21-,22+,24+,25+,26-,27+/m0/s1. The second kappa shape index (κ2) is 8.03. The van der Waals surface area contributed by atoms with Crippen LogP contribution in [0.15, 0.2) is 11.6 Å². The number of fused-ring (bicyclic) bond motifs is 5. The number of allylic oxidation sites excluding steroid dienone is 1. The molecule has 3 nitrogen and oxygen atoms in total. The van der Waals surface area contributed by atoms with Crippen LogP contribution < -0.4 is 0 Å². The van der Waals surface area contributed by atoms with Crippen molar-refractivity contribution in [3.8, 4) is 0 Å². The van der Waals surface area contributed by atoms with Gasteiger partial charge in [0.05, 0.1) is 12.2 Å². The molecular formula is C27H44O3. The Morgan fingerprint density at radius 3 is 2.60 bits per heavy atom. The maximum atomic E-state index is 12.2. The molecule has 3 heteroatoms. The smallest absolute Gasteiger partial charge is 0.135 e. The molecule has 30 heavy (non-hydrogen) atoms. The highest BCUT2D eigenvalue weighted by Gasteiger charge is 2.62. The Balaban J connectivity index is 1.54. The van der Waals surface area contributed by atoms with Gasteiger partial charge in [0.1, 0.15) is 5.78 Å². The van der Waals surface area contributed by atoms with Gasteiger partial charge < -0.3 is 10.2 Å². The molecule has 0 bridgehead atoms. The van der Waals surface area contributed by atoms with Crippen LogP contribution in [0.1, 0.15) is 92.4 Å². The number of ketones is 1. The zero-order valence-electron chi connectivity index (χ0n) is 19.9. The van der Waals surface area contributed by atoms with Gasteiger partial charge in [-0.15, -0.1) is 0 Å². The molecule has 1 unspecified atom stereocenters. The SMILES string of the molecule is CC(C)C(=O)CCC(C)[C@H]1C[C@@H](O)[C@H]2[C@@H]3CC=C4C[C@@H](O)CC[C@]4(C)[C@H]3CC[C@@]21C. The summed E-state index contributed by atoms with van der Waals surface area (Å²) in [6.07, 6.45) is 11.0. The molecule has 3 fully saturated rings. The molecule has 0 spiro atoms. The summed E-state index contributed by atoms with van der Waals surface area (Å²) >= 11 is 0. The fraction of sp³-hybridized carbons (Fsp3) is 0.889. The van der Waals surface area contributed by atoms with Crippen LogP contribution in [0.4, 0.5) is 0 Å². The molecule has 0 aromatic rings. The van der Waals surface area contributed by atoms with E-state index >= 15 is 0 Å². The molecule has 2 N–H and O–H groups in total. The molecular weight excluding hydrogens is 372 g/mol. The van der Waals surface area contributed by atoms with E-state index in [4.69, 9.17) is 0 Å². The van der Waals surface area contributed by atoms with Gasteiger partial charge in [-0.1, -0.05) is 46.3 Å². The molecule has 0 saturated heterocycles. The second-order valence-corrected chi connectivity index (χ2v) is 12.2. The number of rotatable bonds is 5. The molecule has 0 amide bonds. The average Bonchev–Trinajstić information content (AvgIpc) is 2.97. The van der Waals surface area contributed by atoms with Crippen molar-refractivity contribution < 1.29 is 15.0 Å². The predicted molar refractivity (Wildman–Crippen MR) is 121 cm³/mol. The van der Waals surface area contributed by atoms with Crippen LogP contribution in [-0.4, -0.2) is 28.2 Å². The maximum Gasteiger partial charge on any atom is 0.135 e. The first kappa shape index (κ1) is 22.5. The topological polar surface area (TPSA) is 57.5 Å². The zero-order chi connectivity index (χ0) is 21.8. The van der Waals surface area contributed by atoms with Gasteiger partial charge in [0.15, 0.2) is 0 Å². The number of hydrogen-bond donors (Lipinski definition) is 2. The highest BCUT2D eigenvalue weighted by atomic mass is 16.3. The lowest BCUT2D eigenvalue weighted by molar-refractivity contribution is -0.122. The van der Waals surface area contributed by atoms with Crippen molar-refractivity contribution in [2.24, 2.45) is 46.3 Å². The maximum absolute atomic E-state index is 12.2. The molecule has 4 aliphatic rings. The van der Waals surface area contributed by atoms with Crippen molar-refractivity contribution in [2.45, 2.75) is 105 Å². The molecule has 3 saturated carbocycles. The second-order valence-electron chi connectivity index (χ2n) is 12.2. The highest BCUT2D eigenvalue weighted by Crippen LogP contribution is 2.67. The normalized spacial score (nSPS) is 46.6. The average molecular weight is 417 g/mol. The number of carbonyl (C=O) groups is 1. The largest absolute Gasteiger partial charge is 0.393 e. The Morgan fingerprint density at radius 1 is 1.17 bits per heavy atom. The van der Waals surface area contributed by atoms with Crippen LogP contribution in [0.3, 0.4) is 0 Å². The fourth-order valence-corrected chi connectivity index (χ4v) is 8.50. The summed E-state index contributed by atoms with van der Waals surface area (Å²) in [7, 11) is 0. The van der Waals surface area contributed by atoms with E-state index < -0.39 is 0 Å². The summed E-state index contributed by atoms with van der Waals surface area (Å²) in [6, 6.07) is 0. The van der Waals surface area contributed by atoms with Crippen LogP contribution >= 0.6 is 0 Å². The first-order chi connectivity index (χ1) is 14.1. The molecule has 0 radical (unpaired) electrons. The Kier molecular flexibility index (Phi) is 6.03. The van der Waals surface area contributed by atoms with E-state index in [1.807, 2.05) is 13.8 Å². The molecule has 170 valence electrons. The van der Waals surface area contributed by atoms with Gasteiger partial charge in [-0.2, -0.15) is 0 Å². The van der Waals surface area contributed by atoms with E-state index in [0.717, 1.165) is 38.5 Å². The van der Waals surface area contributed by atoms with E-state index in [9.17, 15) is 15.0 Å². The Morgan fingerprint density at radius 2 is 1.90 bits per heavy atom. The highest BCUT2D eigenvalue weighted by molar-refractivity contribution is 5.80. The molecule has 9 atom stereocenters.